The Labute approximate surface area is 428 Å². The Bertz CT molecular complexity index is 1470. The number of aliphatic hydroxyl groups is 11. The number of aliphatic hydroxyl groups excluding tert-OH is 11. The summed E-state index contributed by atoms with van der Waals surface area (Å²) in [5.74, 6) is -0.327. The molecule has 17 unspecified atom stereocenters. The molecule has 3 saturated heterocycles. The van der Waals surface area contributed by atoms with Gasteiger partial charge in [0.05, 0.1) is 38.6 Å². The van der Waals surface area contributed by atoms with Crippen molar-refractivity contribution in [2.45, 2.75) is 266 Å². The molecule has 1 amide bonds. The molecule has 0 radical (unpaired) electrons. The van der Waals surface area contributed by atoms with E-state index in [0.29, 0.717) is 12.8 Å². The second-order valence-corrected chi connectivity index (χ2v) is 19.7. The van der Waals surface area contributed by atoms with Gasteiger partial charge in [-0.1, -0.05) is 147 Å². The van der Waals surface area contributed by atoms with Crippen molar-refractivity contribution >= 4 is 5.91 Å². The van der Waals surface area contributed by atoms with Crippen LogP contribution in [0.2, 0.25) is 0 Å². The summed E-state index contributed by atoms with van der Waals surface area (Å²) >= 11 is 0. The predicted molar refractivity (Wildman–Crippen MR) is 268 cm³/mol. The van der Waals surface area contributed by atoms with Crippen molar-refractivity contribution in [1.82, 2.24) is 5.32 Å². The molecule has 72 heavy (non-hydrogen) atoms. The van der Waals surface area contributed by atoms with Crippen molar-refractivity contribution in [3.63, 3.8) is 0 Å². The number of hydrogen-bond donors (Lipinski definition) is 12. The Morgan fingerprint density at radius 2 is 0.889 bits per heavy atom. The summed E-state index contributed by atoms with van der Waals surface area (Å²) in [7, 11) is 0. The Balaban J connectivity index is 1.40. The topological polar surface area (TPSA) is 307 Å². The Morgan fingerprint density at radius 3 is 1.38 bits per heavy atom. The SMILES string of the molecule is CCCCCCCCCCCCCCCCC/C=C/CC/C=C/CC/C=C/C(O)C(COC1OC(CO)C(OC2OC(CO)C(OC3OC(CO)C(O)C(O)C3O)C(O)C2O)C(O)C1O)NC(=O)CCCC. The van der Waals surface area contributed by atoms with Crippen LogP contribution < -0.4 is 5.32 Å². The zero-order valence-corrected chi connectivity index (χ0v) is 43.1. The molecule has 0 aromatic rings. The standard InChI is InChI=1S/C53H95NO18/c1-3-5-7-8-9-10-11-12-13-14-15-16-17-18-19-20-21-22-23-24-25-26-27-28-29-30-37(58)36(54-41(59)31-6-4-2)35-67-51-47(65)44(62)49(39(33-56)69-51)72-53-48(66)45(63)50(40(34-57)70-53)71-52-46(64)43(61)42(60)38(32-55)68-52/h21-22,25-26,29-30,36-40,42-53,55-58,60-66H,3-20,23-24,27-28,31-35H2,1-2H3,(H,54,59)/b22-21+,26-25+,30-29+. The quantitative estimate of drug-likeness (QED) is 0.0313. The smallest absolute Gasteiger partial charge is 0.220 e. The first-order valence-electron chi connectivity index (χ1n) is 27.2. The van der Waals surface area contributed by atoms with E-state index in [9.17, 15) is 61.0 Å². The van der Waals surface area contributed by atoms with E-state index < -0.39 is 124 Å². The summed E-state index contributed by atoms with van der Waals surface area (Å²) < 4.78 is 33.9. The molecule has 0 aromatic carbocycles. The third-order valence-corrected chi connectivity index (χ3v) is 13.7. The number of amides is 1. The van der Waals surface area contributed by atoms with Gasteiger partial charge in [0, 0.05) is 6.42 Å². The van der Waals surface area contributed by atoms with Crippen LogP contribution in [-0.2, 0) is 33.2 Å². The lowest BCUT2D eigenvalue weighted by Crippen LogP contribution is -2.66. The van der Waals surface area contributed by atoms with Gasteiger partial charge in [-0.2, -0.15) is 0 Å². The minimum absolute atomic E-state index is 0.206. The van der Waals surface area contributed by atoms with E-state index in [4.69, 9.17) is 28.4 Å². The average Bonchev–Trinajstić information content (AvgIpc) is 3.38. The highest BCUT2D eigenvalue weighted by atomic mass is 16.8. The number of unbranched alkanes of at least 4 members (excludes halogenated alkanes) is 18. The minimum Gasteiger partial charge on any atom is -0.394 e. The summed E-state index contributed by atoms with van der Waals surface area (Å²) in [6.07, 6.45) is 11.8. The molecule has 0 spiro atoms. The molecule has 12 N–H and O–H groups in total. The largest absolute Gasteiger partial charge is 0.394 e. The fourth-order valence-corrected chi connectivity index (χ4v) is 9.08. The van der Waals surface area contributed by atoms with E-state index in [1.165, 1.54) is 96.3 Å². The molecule has 3 aliphatic rings. The van der Waals surface area contributed by atoms with Gasteiger partial charge >= 0.3 is 0 Å². The number of allylic oxidation sites excluding steroid dienone is 5. The minimum atomic E-state index is -1.98. The van der Waals surface area contributed by atoms with Crippen molar-refractivity contribution in [1.29, 1.82) is 0 Å². The first-order valence-corrected chi connectivity index (χ1v) is 27.2. The van der Waals surface area contributed by atoms with Gasteiger partial charge in [-0.3, -0.25) is 4.79 Å². The second kappa shape index (κ2) is 37.7. The van der Waals surface area contributed by atoms with Crippen LogP contribution in [0.5, 0.6) is 0 Å². The maximum absolute atomic E-state index is 12.8. The van der Waals surface area contributed by atoms with Crippen molar-refractivity contribution in [3.05, 3.63) is 36.5 Å². The number of rotatable bonds is 38. The van der Waals surface area contributed by atoms with Crippen LogP contribution in [0.1, 0.15) is 162 Å². The zero-order chi connectivity index (χ0) is 52.7. The number of carbonyl (C=O) groups is 1. The van der Waals surface area contributed by atoms with Crippen molar-refractivity contribution in [3.8, 4) is 0 Å². The van der Waals surface area contributed by atoms with Crippen LogP contribution in [0.3, 0.4) is 0 Å². The Hall–Kier alpha value is -1.99. The lowest BCUT2D eigenvalue weighted by atomic mass is 9.96. The number of hydrogen-bond acceptors (Lipinski definition) is 18. The monoisotopic (exact) mass is 1030 g/mol. The molecule has 19 heteroatoms. The molecule has 3 aliphatic heterocycles. The molecule has 0 aromatic heterocycles. The average molecular weight is 1030 g/mol. The lowest BCUT2D eigenvalue weighted by Gasteiger charge is -2.48. The van der Waals surface area contributed by atoms with Gasteiger partial charge in [-0.25, -0.2) is 0 Å². The number of nitrogens with one attached hydrogen (secondary N) is 1. The van der Waals surface area contributed by atoms with Crippen LogP contribution in [0.25, 0.3) is 0 Å². The van der Waals surface area contributed by atoms with E-state index in [-0.39, 0.29) is 18.9 Å². The molecular weight excluding hydrogens is 939 g/mol. The summed E-state index contributed by atoms with van der Waals surface area (Å²) in [6, 6.07) is -0.988. The van der Waals surface area contributed by atoms with Crippen LogP contribution in [0, 0.1) is 0 Å². The second-order valence-electron chi connectivity index (χ2n) is 19.7. The Morgan fingerprint density at radius 1 is 0.486 bits per heavy atom. The van der Waals surface area contributed by atoms with Crippen molar-refractivity contribution in [2.75, 3.05) is 26.4 Å². The first-order chi connectivity index (χ1) is 34.8. The maximum atomic E-state index is 12.8. The molecule has 0 aliphatic carbocycles. The van der Waals surface area contributed by atoms with E-state index in [2.05, 4.69) is 36.5 Å². The van der Waals surface area contributed by atoms with Gasteiger partial charge in [-0.15, -0.1) is 0 Å². The molecular formula is C53H95NO18. The van der Waals surface area contributed by atoms with Crippen molar-refractivity contribution in [2.24, 2.45) is 0 Å². The molecule has 19 nitrogen and oxygen atoms in total. The molecule has 420 valence electrons. The Kier molecular flexibility index (Phi) is 33.7. The molecule has 3 rings (SSSR count). The summed E-state index contributed by atoms with van der Waals surface area (Å²) in [6.45, 7) is 1.40. The van der Waals surface area contributed by atoms with E-state index in [1.807, 2.05) is 6.92 Å². The van der Waals surface area contributed by atoms with Gasteiger partial charge < -0.3 is 89.9 Å². The molecule has 0 bridgehead atoms. The number of carbonyl (C=O) groups excluding carboxylic acids is 1. The number of ether oxygens (including phenoxy) is 6. The highest BCUT2D eigenvalue weighted by Gasteiger charge is 2.53. The fourth-order valence-electron chi connectivity index (χ4n) is 9.08. The van der Waals surface area contributed by atoms with Crippen LogP contribution >= 0.6 is 0 Å². The predicted octanol–water partition coefficient (Wildman–Crippen LogP) is 2.98. The highest BCUT2D eigenvalue weighted by molar-refractivity contribution is 5.76. The van der Waals surface area contributed by atoms with Gasteiger partial charge in [0.25, 0.3) is 0 Å². The summed E-state index contributed by atoms with van der Waals surface area (Å²) in [5.41, 5.74) is 0. The summed E-state index contributed by atoms with van der Waals surface area (Å²) in [4.78, 5) is 12.8. The highest BCUT2D eigenvalue weighted by Crippen LogP contribution is 2.33. The van der Waals surface area contributed by atoms with Crippen LogP contribution in [0.15, 0.2) is 36.5 Å². The fraction of sp³-hybridized carbons (Fsp3) is 0.868. The lowest BCUT2D eigenvalue weighted by molar-refractivity contribution is -0.379. The molecule has 0 saturated carbocycles. The third kappa shape index (κ3) is 22.7. The molecule has 3 heterocycles. The molecule has 3 fully saturated rings. The van der Waals surface area contributed by atoms with E-state index >= 15 is 0 Å². The maximum Gasteiger partial charge on any atom is 0.220 e. The van der Waals surface area contributed by atoms with E-state index in [0.717, 1.165) is 32.1 Å². The van der Waals surface area contributed by atoms with Gasteiger partial charge in [0.1, 0.15) is 73.2 Å². The molecule has 17 atom stereocenters. The third-order valence-electron chi connectivity index (χ3n) is 13.7. The first kappa shape index (κ1) is 64.3. The van der Waals surface area contributed by atoms with Crippen LogP contribution in [-0.4, -0.2) is 193 Å². The van der Waals surface area contributed by atoms with Gasteiger partial charge in [0.2, 0.25) is 5.91 Å². The van der Waals surface area contributed by atoms with Crippen LogP contribution in [0.4, 0.5) is 0 Å². The van der Waals surface area contributed by atoms with Crippen molar-refractivity contribution < 1.29 is 89.4 Å². The zero-order valence-electron chi connectivity index (χ0n) is 43.1. The summed E-state index contributed by atoms with van der Waals surface area (Å²) in [5, 5.41) is 119. The van der Waals surface area contributed by atoms with Gasteiger partial charge in [-0.05, 0) is 44.9 Å². The van der Waals surface area contributed by atoms with E-state index in [1.54, 1.807) is 12.2 Å². The normalized spacial score (nSPS) is 32.3. The van der Waals surface area contributed by atoms with Gasteiger partial charge in [0.15, 0.2) is 18.9 Å².